The van der Waals surface area contributed by atoms with Gasteiger partial charge in [-0.1, -0.05) is 44.2 Å². The van der Waals surface area contributed by atoms with E-state index in [4.69, 9.17) is 4.74 Å². The van der Waals surface area contributed by atoms with Gasteiger partial charge in [0.2, 0.25) is 5.91 Å². The van der Waals surface area contributed by atoms with Crippen LogP contribution in [0.5, 0.6) is 5.75 Å². The first-order valence-electron chi connectivity index (χ1n) is 10.3. The number of aromatic hydroxyl groups is 1. The fourth-order valence-electron chi connectivity index (χ4n) is 3.60. The summed E-state index contributed by atoms with van der Waals surface area (Å²) in [7, 11) is 1.34. The predicted molar refractivity (Wildman–Crippen MR) is 125 cm³/mol. The van der Waals surface area contributed by atoms with Crippen LogP contribution >= 0.6 is 11.3 Å². The Morgan fingerprint density at radius 2 is 1.71 bits per heavy atom. The number of amides is 1. The summed E-state index contributed by atoms with van der Waals surface area (Å²) in [5, 5.41) is 11.8. The van der Waals surface area contributed by atoms with E-state index in [-0.39, 0.29) is 11.7 Å². The van der Waals surface area contributed by atoms with E-state index < -0.39 is 5.97 Å². The molecule has 31 heavy (non-hydrogen) atoms. The highest BCUT2D eigenvalue weighted by molar-refractivity contribution is 7.23. The summed E-state index contributed by atoms with van der Waals surface area (Å²) in [4.78, 5) is 29.2. The fourth-order valence-corrected chi connectivity index (χ4v) is 4.96. The third-order valence-corrected chi connectivity index (χ3v) is 6.68. The van der Waals surface area contributed by atoms with Gasteiger partial charge < -0.3 is 9.84 Å². The molecule has 0 fully saturated rings. The number of phenolic OH excluding ortho intramolecular Hbond substituents is 1. The Hall–Kier alpha value is -2.90. The van der Waals surface area contributed by atoms with Crippen molar-refractivity contribution in [1.82, 2.24) is 4.90 Å². The Labute approximate surface area is 186 Å². The molecule has 0 aliphatic heterocycles. The monoisotopic (exact) mass is 440 g/mol. The van der Waals surface area contributed by atoms with Gasteiger partial charge in [-0.05, 0) is 30.8 Å². The molecule has 0 spiro atoms. The van der Waals surface area contributed by atoms with Gasteiger partial charge in [0.1, 0.15) is 16.3 Å². The van der Waals surface area contributed by atoms with Crippen molar-refractivity contribution in [1.29, 1.82) is 0 Å². The van der Waals surface area contributed by atoms with Crippen LogP contribution in [-0.4, -0.2) is 42.1 Å². The first-order chi connectivity index (χ1) is 14.9. The Morgan fingerprint density at radius 1 is 1.03 bits per heavy atom. The van der Waals surface area contributed by atoms with E-state index >= 15 is 0 Å². The van der Waals surface area contributed by atoms with Crippen LogP contribution in [0.4, 0.5) is 5.00 Å². The number of anilines is 1. The van der Waals surface area contributed by atoms with Gasteiger partial charge in [0.15, 0.2) is 0 Å². The Bertz CT molecular complexity index is 1070. The lowest BCUT2D eigenvalue weighted by atomic mass is 10.1. The third kappa shape index (κ3) is 4.73. The van der Waals surface area contributed by atoms with Crippen molar-refractivity contribution in [3.05, 3.63) is 59.2 Å². The fraction of sp³-hybridized carbons (Fsp3) is 0.333. The molecule has 0 saturated carbocycles. The second-order valence-electron chi connectivity index (χ2n) is 7.27. The van der Waals surface area contributed by atoms with Gasteiger partial charge in [-0.25, -0.2) is 4.79 Å². The largest absolute Gasteiger partial charge is 0.508 e. The maximum Gasteiger partial charge on any atom is 0.341 e. The molecule has 0 saturated heterocycles. The van der Waals surface area contributed by atoms with Gasteiger partial charge in [-0.15, -0.1) is 11.3 Å². The molecule has 6 nitrogen and oxygen atoms in total. The molecule has 0 aliphatic rings. The number of rotatable bonds is 8. The number of benzene rings is 2. The number of esters is 1. The van der Waals surface area contributed by atoms with Crippen LogP contribution in [-0.2, 0) is 22.6 Å². The first-order valence-corrected chi connectivity index (χ1v) is 11.1. The molecule has 3 rings (SSSR count). The molecule has 1 N–H and O–H groups in total. The van der Waals surface area contributed by atoms with Crippen molar-refractivity contribution >= 4 is 38.3 Å². The molecule has 2 aromatic carbocycles. The van der Waals surface area contributed by atoms with Crippen LogP contribution in [0.25, 0.3) is 10.1 Å². The van der Waals surface area contributed by atoms with Crippen molar-refractivity contribution in [2.24, 2.45) is 0 Å². The molecular weight excluding hydrogens is 412 g/mol. The van der Waals surface area contributed by atoms with E-state index in [0.717, 1.165) is 28.9 Å². The second-order valence-corrected chi connectivity index (χ2v) is 8.26. The van der Waals surface area contributed by atoms with Crippen LogP contribution in [0.15, 0.2) is 42.5 Å². The van der Waals surface area contributed by atoms with Crippen LogP contribution in [0.3, 0.4) is 0 Å². The highest BCUT2D eigenvalue weighted by Crippen LogP contribution is 2.43. The number of thiophene rings is 1. The average Bonchev–Trinajstić information content (AvgIpc) is 3.16. The standard InChI is InChI=1S/C24H28N2O4S/c1-5-25(6-2)15-19-20(28)13-12-18-21(24(29)30-4)23(31-22(18)19)26(16(3)27)14-17-10-8-7-9-11-17/h7-13,28H,5-6,14-15H2,1-4H3. The molecule has 0 aliphatic carbocycles. The maximum atomic E-state index is 12.8. The minimum atomic E-state index is -0.500. The summed E-state index contributed by atoms with van der Waals surface area (Å²) in [6.07, 6.45) is 0. The summed E-state index contributed by atoms with van der Waals surface area (Å²) < 4.78 is 5.87. The SMILES string of the molecule is CCN(CC)Cc1c(O)ccc2c(C(=O)OC)c(N(Cc3ccccc3)C(C)=O)sc12. The molecular formula is C24H28N2O4S. The lowest BCUT2D eigenvalue weighted by molar-refractivity contribution is -0.116. The lowest BCUT2D eigenvalue weighted by Gasteiger charge is -2.21. The van der Waals surface area contributed by atoms with Gasteiger partial charge in [0.25, 0.3) is 0 Å². The number of carbonyl (C=O) groups excluding carboxylic acids is 2. The van der Waals surface area contributed by atoms with Crippen LogP contribution in [0.2, 0.25) is 0 Å². The smallest absolute Gasteiger partial charge is 0.341 e. The van der Waals surface area contributed by atoms with Crippen LogP contribution < -0.4 is 4.90 Å². The Balaban J connectivity index is 2.21. The van der Waals surface area contributed by atoms with E-state index in [0.29, 0.717) is 29.0 Å². The summed E-state index contributed by atoms with van der Waals surface area (Å²) in [6, 6.07) is 13.0. The molecule has 7 heteroatoms. The zero-order chi connectivity index (χ0) is 22.5. The number of carbonyl (C=O) groups is 2. The van der Waals surface area contributed by atoms with Crippen LogP contribution in [0.1, 0.15) is 42.3 Å². The van der Waals surface area contributed by atoms with Crippen molar-refractivity contribution in [3.8, 4) is 5.75 Å². The number of methoxy groups -OCH3 is 1. The van der Waals surface area contributed by atoms with Gasteiger partial charge in [0.05, 0.1) is 13.7 Å². The highest BCUT2D eigenvalue weighted by atomic mass is 32.1. The van der Waals surface area contributed by atoms with Gasteiger partial charge in [-0.3, -0.25) is 14.6 Å². The molecule has 164 valence electrons. The number of fused-ring (bicyclic) bond motifs is 1. The van der Waals surface area contributed by atoms with Crippen molar-refractivity contribution in [2.75, 3.05) is 25.1 Å². The zero-order valence-electron chi connectivity index (χ0n) is 18.3. The van der Waals surface area contributed by atoms with Crippen molar-refractivity contribution in [2.45, 2.75) is 33.9 Å². The number of phenols is 1. The van der Waals surface area contributed by atoms with Gasteiger partial charge in [-0.2, -0.15) is 0 Å². The summed E-state index contributed by atoms with van der Waals surface area (Å²) >= 11 is 1.34. The topological polar surface area (TPSA) is 70.1 Å². The molecule has 1 heterocycles. The Kier molecular flexibility index (Phi) is 7.30. The molecule has 0 unspecified atom stereocenters. The van der Waals surface area contributed by atoms with Gasteiger partial charge >= 0.3 is 5.97 Å². The third-order valence-electron chi connectivity index (χ3n) is 5.39. The summed E-state index contributed by atoms with van der Waals surface area (Å²) in [5.41, 5.74) is 2.07. The van der Waals surface area contributed by atoms with E-state index in [9.17, 15) is 14.7 Å². The Morgan fingerprint density at radius 3 is 2.29 bits per heavy atom. The highest BCUT2D eigenvalue weighted by Gasteiger charge is 2.28. The van der Waals surface area contributed by atoms with E-state index in [2.05, 4.69) is 18.7 Å². The normalized spacial score (nSPS) is 11.1. The number of hydrogen-bond donors (Lipinski definition) is 1. The minimum absolute atomic E-state index is 0.171. The molecule has 0 bridgehead atoms. The molecule has 1 amide bonds. The molecule has 3 aromatic rings. The lowest BCUT2D eigenvalue weighted by Crippen LogP contribution is -2.28. The first kappa shape index (κ1) is 22.8. The van der Waals surface area contributed by atoms with E-state index in [1.54, 1.807) is 17.0 Å². The quantitative estimate of drug-likeness (QED) is 0.510. The minimum Gasteiger partial charge on any atom is -0.508 e. The van der Waals surface area contributed by atoms with Gasteiger partial charge in [0, 0.05) is 29.1 Å². The second kappa shape index (κ2) is 9.94. The number of hydrogen-bond acceptors (Lipinski definition) is 6. The maximum absolute atomic E-state index is 12.8. The van der Waals surface area contributed by atoms with Crippen molar-refractivity contribution < 1.29 is 19.4 Å². The van der Waals surface area contributed by atoms with E-state index in [1.165, 1.54) is 25.4 Å². The molecule has 0 radical (unpaired) electrons. The average molecular weight is 441 g/mol. The van der Waals surface area contributed by atoms with Crippen molar-refractivity contribution in [3.63, 3.8) is 0 Å². The number of nitrogens with zero attached hydrogens (tertiary/aromatic N) is 2. The van der Waals surface area contributed by atoms with E-state index in [1.807, 2.05) is 30.3 Å². The summed E-state index contributed by atoms with van der Waals surface area (Å²) in [5.74, 6) is -0.490. The van der Waals surface area contributed by atoms with Crippen LogP contribution in [0, 0.1) is 0 Å². The molecule has 1 aromatic heterocycles. The zero-order valence-corrected chi connectivity index (χ0v) is 19.2. The summed E-state index contributed by atoms with van der Waals surface area (Å²) in [6.45, 7) is 8.18. The molecule has 0 atom stereocenters. The number of ether oxygens (including phenoxy) is 1. The predicted octanol–water partition coefficient (Wildman–Crippen LogP) is 4.79.